The van der Waals surface area contributed by atoms with E-state index in [4.69, 9.17) is 18.0 Å². The van der Waals surface area contributed by atoms with Crippen LogP contribution in [0.2, 0.25) is 5.02 Å². The van der Waals surface area contributed by atoms with Gasteiger partial charge in [-0.2, -0.15) is 0 Å². The van der Waals surface area contributed by atoms with Gasteiger partial charge in [-0.1, -0.05) is 29.7 Å². The molecule has 2 aromatic carbocycles. The van der Waals surface area contributed by atoms with Crippen molar-refractivity contribution in [2.24, 2.45) is 0 Å². The maximum Gasteiger partial charge on any atom is 0.255 e. The van der Waals surface area contributed by atoms with Crippen molar-refractivity contribution in [3.05, 3.63) is 58.6 Å². The van der Waals surface area contributed by atoms with Gasteiger partial charge in [0.2, 0.25) is 0 Å². The first-order valence-corrected chi connectivity index (χ1v) is 9.62. The average Bonchev–Trinajstić information content (AvgIpc) is 2.59. The molecule has 0 aromatic heterocycles. The van der Waals surface area contributed by atoms with Gasteiger partial charge in [-0.15, -0.1) is 6.42 Å². The molecule has 0 fully saturated rings. The van der Waals surface area contributed by atoms with E-state index in [-0.39, 0.29) is 33.3 Å². The van der Waals surface area contributed by atoms with Gasteiger partial charge in [-0.3, -0.25) is 9.59 Å². The van der Waals surface area contributed by atoms with Crippen molar-refractivity contribution < 1.29 is 18.0 Å². The first kappa shape index (κ1) is 19.5. The minimum Gasteiger partial charge on any atom is -0.341 e. The highest BCUT2D eigenvalue weighted by atomic mass is 35.5. The van der Waals surface area contributed by atoms with Crippen LogP contribution in [0.15, 0.2) is 47.4 Å². The van der Waals surface area contributed by atoms with Crippen molar-refractivity contribution in [1.29, 1.82) is 0 Å². The molecule has 0 aliphatic heterocycles. The Labute approximate surface area is 156 Å². The number of carbonyl (C=O) groups is 2. The number of halogens is 1. The summed E-state index contributed by atoms with van der Waals surface area (Å²) in [6, 6.07) is 10.3. The molecule has 0 saturated heterocycles. The smallest absolute Gasteiger partial charge is 0.255 e. The van der Waals surface area contributed by atoms with Crippen molar-refractivity contribution >= 4 is 38.9 Å². The second-order valence-corrected chi connectivity index (χ2v) is 7.70. The summed E-state index contributed by atoms with van der Waals surface area (Å²) in [5.41, 5.74) is 0.588. The lowest BCUT2D eigenvalue weighted by Gasteiger charge is -2.11. The fraction of sp³-hybridized carbons (Fsp3) is 0.111. The Morgan fingerprint density at radius 3 is 2.50 bits per heavy atom. The Hall–Kier alpha value is -2.82. The first-order chi connectivity index (χ1) is 12.2. The van der Waals surface area contributed by atoms with Crippen molar-refractivity contribution in [2.45, 2.75) is 4.90 Å². The summed E-state index contributed by atoms with van der Waals surface area (Å²) in [7, 11) is -3.59. The zero-order valence-corrected chi connectivity index (χ0v) is 15.3. The third kappa shape index (κ3) is 4.63. The van der Waals surface area contributed by atoms with Crippen LogP contribution in [0.4, 0.5) is 5.69 Å². The minimum atomic E-state index is -3.59. The van der Waals surface area contributed by atoms with Gasteiger partial charge in [0.15, 0.2) is 9.84 Å². The monoisotopic (exact) mass is 390 g/mol. The van der Waals surface area contributed by atoms with Crippen molar-refractivity contribution in [3.8, 4) is 12.3 Å². The number of terminal acetylenes is 1. The topological polar surface area (TPSA) is 92.3 Å². The molecule has 26 heavy (non-hydrogen) atoms. The number of amides is 2. The SMILES string of the molecule is C#CCNC(=O)c1ccccc1NC(=O)c1ccc(Cl)c(S(C)(=O)=O)c1. The highest BCUT2D eigenvalue weighted by molar-refractivity contribution is 7.90. The molecule has 0 aliphatic rings. The minimum absolute atomic E-state index is 0.0260. The Bertz CT molecular complexity index is 1010. The Kier molecular flexibility index (Phi) is 6.03. The van der Waals surface area contributed by atoms with Crippen LogP contribution in [0.3, 0.4) is 0 Å². The van der Waals surface area contributed by atoms with Crippen molar-refractivity contribution in [2.75, 3.05) is 18.1 Å². The molecule has 2 aromatic rings. The molecule has 0 saturated carbocycles. The number of para-hydroxylation sites is 1. The Balaban J connectivity index is 2.32. The lowest BCUT2D eigenvalue weighted by Crippen LogP contribution is -2.25. The van der Waals surface area contributed by atoms with Gasteiger partial charge in [0.25, 0.3) is 11.8 Å². The van der Waals surface area contributed by atoms with Crippen molar-refractivity contribution in [1.82, 2.24) is 5.32 Å². The number of rotatable bonds is 5. The molecule has 0 aliphatic carbocycles. The lowest BCUT2D eigenvalue weighted by atomic mass is 10.1. The average molecular weight is 391 g/mol. The van der Waals surface area contributed by atoms with Gasteiger partial charge in [-0.05, 0) is 30.3 Å². The van der Waals surface area contributed by atoms with E-state index >= 15 is 0 Å². The fourth-order valence-corrected chi connectivity index (χ4v) is 3.44. The summed E-state index contributed by atoms with van der Waals surface area (Å²) in [5.74, 6) is 1.27. The van der Waals surface area contributed by atoms with Crippen LogP contribution in [-0.4, -0.2) is 33.0 Å². The van der Waals surface area contributed by atoms with Crippen LogP contribution in [0.25, 0.3) is 0 Å². The number of anilines is 1. The molecule has 2 rings (SSSR count). The molecule has 0 spiro atoms. The zero-order valence-electron chi connectivity index (χ0n) is 13.7. The Morgan fingerprint density at radius 2 is 1.85 bits per heavy atom. The molecular formula is C18H15ClN2O4S. The highest BCUT2D eigenvalue weighted by Gasteiger charge is 2.17. The largest absolute Gasteiger partial charge is 0.341 e. The predicted octanol–water partition coefficient (Wildman–Crippen LogP) is 2.36. The van der Waals surface area contributed by atoms with Gasteiger partial charge in [0, 0.05) is 11.8 Å². The molecule has 2 amide bonds. The van der Waals surface area contributed by atoms with Crippen LogP contribution in [0.1, 0.15) is 20.7 Å². The number of hydrogen-bond acceptors (Lipinski definition) is 4. The third-order valence-electron chi connectivity index (χ3n) is 3.36. The third-order valence-corrected chi connectivity index (χ3v) is 4.94. The number of carbonyl (C=O) groups excluding carboxylic acids is 2. The van der Waals surface area contributed by atoms with Gasteiger partial charge in [0.05, 0.1) is 27.7 Å². The van der Waals surface area contributed by atoms with Crippen LogP contribution in [0.5, 0.6) is 0 Å². The highest BCUT2D eigenvalue weighted by Crippen LogP contribution is 2.23. The second kappa shape index (κ2) is 8.04. The molecule has 134 valence electrons. The Morgan fingerprint density at radius 1 is 1.15 bits per heavy atom. The van der Waals surface area contributed by atoms with Gasteiger partial charge < -0.3 is 10.6 Å². The molecule has 6 nitrogen and oxygen atoms in total. The maximum atomic E-state index is 12.5. The summed E-state index contributed by atoms with van der Waals surface area (Å²) >= 11 is 5.88. The van der Waals surface area contributed by atoms with Gasteiger partial charge >= 0.3 is 0 Å². The molecule has 0 radical (unpaired) electrons. The molecular weight excluding hydrogens is 376 g/mol. The number of nitrogens with one attached hydrogen (secondary N) is 2. The summed E-state index contributed by atoms with van der Waals surface area (Å²) in [6.07, 6.45) is 6.12. The fourth-order valence-electron chi connectivity index (χ4n) is 2.14. The quantitative estimate of drug-likeness (QED) is 0.766. The molecule has 8 heteroatoms. The summed E-state index contributed by atoms with van der Waals surface area (Å²) in [5, 5.41) is 5.13. The number of benzene rings is 2. The van der Waals surface area contributed by atoms with Crippen LogP contribution in [-0.2, 0) is 9.84 Å². The first-order valence-electron chi connectivity index (χ1n) is 7.35. The van der Waals surface area contributed by atoms with E-state index in [2.05, 4.69) is 16.6 Å². The van der Waals surface area contributed by atoms with E-state index in [1.807, 2.05) is 0 Å². The summed E-state index contributed by atoms with van der Waals surface area (Å²) in [6.45, 7) is 0.0516. The van der Waals surface area contributed by atoms with Gasteiger partial charge in [-0.25, -0.2) is 8.42 Å². The van der Waals surface area contributed by atoms with Crippen LogP contribution < -0.4 is 10.6 Å². The van der Waals surface area contributed by atoms with E-state index in [1.165, 1.54) is 24.3 Å². The molecule has 0 unspecified atom stereocenters. The zero-order chi connectivity index (χ0) is 19.3. The molecule has 0 atom stereocenters. The second-order valence-electron chi connectivity index (χ2n) is 5.30. The summed E-state index contributed by atoms with van der Waals surface area (Å²) < 4.78 is 23.5. The standard InChI is InChI=1S/C18H15ClN2O4S/c1-3-10-20-18(23)13-6-4-5-7-15(13)21-17(22)12-8-9-14(19)16(11-12)26(2,24)25/h1,4-9,11H,10H2,2H3,(H,20,23)(H,21,22). The molecule has 2 N–H and O–H groups in total. The molecule has 0 heterocycles. The van der Waals surface area contributed by atoms with E-state index in [9.17, 15) is 18.0 Å². The van der Waals surface area contributed by atoms with E-state index < -0.39 is 21.7 Å². The normalized spacial score (nSPS) is 10.7. The lowest BCUT2D eigenvalue weighted by molar-refractivity contribution is 0.0959. The van der Waals surface area contributed by atoms with Crippen molar-refractivity contribution in [3.63, 3.8) is 0 Å². The molecule has 0 bridgehead atoms. The number of sulfone groups is 1. The number of hydrogen-bond donors (Lipinski definition) is 2. The van der Waals surface area contributed by atoms with Gasteiger partial charge in [0.1, 0.15) is 0 Å². The van der Waals surface area contributed by atoms with Crippen LogP contribution >= 0.6 is 11.6 Å². The summed E-state index contributed by atoms with van der Waals surface area (Å²) in [4.78, 5) is 24.5. The maximum absolute atomic E-state index is 12.5. The van der Waals surface area contributed by atoms with E-state index in [1.54, 1.807) is 18.2 Å². The van der Waals surface area contributed by atoms with E-state index in [0.717, 1.165) is 6.26 Å². The predicted molar refractivity (Wildman–Crippen MR) is 100 cm³/mol. The van der Waals surface area contributed by atoms with Crippen LogP contribution in [0, 0.1) is 12.3 Å². The van der Waals surface area contributed by atoms with E-state index in [0.29, 0.717) is 0 Å².